The predicted molar refractivity (Wildman–Crippen MR) is 137 cm³/mol. The molecule has 0 aliphatic carbocycles. The summed E-state index contributed by atoms with van der Waals surface area (Å²) in [7, 11) is -0.0876. The number of rotatable bonds is 5. The summed E-state index contributed by atoms with van der Waals surface area (Å²) in [6.07, 6.45) is -9.04. The van der Waals surface area contributed by atoms with Gasteiger partial charge in [0.1, 0.15) is 12.4 Å². The van der Waals surface area contributed by atoms with Gasteiger partial charge in [-0.05, 0) is 71.7 Å². The molecule has 38 heavy (non-hydrogen) atoms. The summed E-state index contributed by atoms with van der Waals surface area (Å²) in [5.74, 6) is 0.884. The molecular weight excluding hydrogens is 527 g/mol. The molecule has 0 bridgehead atoms. The van der Waals surface area contributed by atoms with Crippen molar-refractivity contribution in [2.45, 2.75) is 39.2 Å². The number of halogens is 6. The zero-order chi connectivity index (χ0) is 27.9. The minimum atomic E-state index is -4.52. The number of alkyl halides is 6. The fraction of sp³-hybridized carbons (Fsp3) is 0.321. The zero-order valence-electron chi connectivity index (χ0n) is 21.1. The van der Waals surface area contributed by atoms with E-state index >= 15 is 0 Å². The fourth-order valence-corrected chi connectivity index (χ4v) is 6.37. The van der Waals surface area contributed by atoms with Crippen LogP contribution in [-0.2, 0) is 17.1 Å². The van der Waals surface area contributed by atoms with Crippen molar-refractivity contribution in [2.75, 3.05) is 13.7 Å². The molecule has 0 aromatic heterocycles. The molecule has 1 atom stereocenters. The summed E-state index contributed by atoms with van der Waals surface area (Å²) in [6, 6.07) is 14.5. The van der Waals surface area contributed by atoms with E-state index in [2.05, 4.69) is 0 Å². The van der Waals surface area contributed by atoms with Crippen molar-refractivity contribution >= 4 is 29.7 Å². The molecule has 3 aromatic rings. The first-order chi connectivity index (χ1) is 17.7. The second-order valence-corrected chi connectivity index (χ2v) is 12.1. The third kappa shape index (κ3) is 5.98. The Morgan fingerprint density at radius 2 is 1.29 bits per heavy atom. The molecule has 1 aliphatic rings. The molecule has 4 rings (SSSR count). The molecule has 3 nitrogen and oxygen atoms in total. The number of aliphatic imine (C=N–C) groups is 1. The lowest BCUT2D eigenvalue weighted by molar-refractivity contribution is -0.138. The fourth-order valence-electron chi connectivity index (χ4n) is 4.00. The van der Waals surface area contributed by atoms with E-state index in [1.807, 2.05) is 20.8 Å². The Labute approximate surface area is 218 Å². The highest BCUT2D eigenvalue weighted by Crippen LogP contribution is 2.39. The van der Waals surface area contributed by atoms with Gasteiger partial charge in [-0.25, -0.2) is 4.99 Å². The standard InChI is InChI=1S/C28H26F6NO2P/c1-26(2,3)24-16-37-25(35-24)22-15-19(36-4)9-14-23(22)38(20-10-5-17(6-11-20)27(29,30)31)21-12-7-18(8-13-21)28(32,33)34/h5-15,24H,16H2,1-4H3/t24-/m0/s1. The van der Waals surface area contributed by atoms with Gasteiger partial charge in [-0.2, -0.15) is 26.3 Å². The quantitative estimate of drug-likeness (QED) is 0.261. The zero-order valence-corrected chi connectivity index (χ0v) is 22.0. The highest BCUT2D eigenvalue weighted by molar-refractivity contribution is 7.80. The summed E-state index contributed by atoms with van der Waals surface area (Å²) in [6.45, 7) is 6.47. The van der Waals surface area contributed by atoms with Crippen molar-refractivity contribution < 1.29 is 35.8 Å². The van der Waals surface area contributed by atoms with E-state index in [-0.39, 0.29) is 11.5 Å². The SMILES string of the molecule is COc1ccc(P(c2ccc(C(F)(F)F)cc2)c2ccc(C(F)(F)F)cc2)c(C2=N[C@H](C(C)(C)C)CO2)c1. The van der Waals surface area contributed by atoms with Crippen molar-refractivity contribution in [1.29, 1.82) is 0 Å². The van der Waals surface area contributed by atoms with E-state index in [9.17, 15) is 26.3 Å². The Morgan fingerprint density at radius 1 is 0.789 bits per heavy atom. The number of benzene rings is 3. The Bertz CT molecular complexity index is 1250. The highest BCUT2D eigenvalue weighted by Gasteiger charge is 2.35. The molecule has 0 saturated heterocycles. The predicted octanol–water partition coefficient (Wildman–Crippen LogP) is 6.68. The van der Waals surface area contributed by atoms with Gasteiger partial charge in [0.25, 0.3) is 0 Å². The maximum absolute atomic E-state index is 13.3. The first-order valence-corrected chi connectivity index (χ1v) is 13.1. The van der Waals surface area contributed by atoms with E-state index in [1.165, 1.54) is 31.4 Å². The molecule has 0 saturated carbocycles. The van der Waals surface area contributed by atoms with Gasteiger partial charge in [0, 0.05) is 5.56 Å². The first kappa shape index (κ1) is 28.0. The van der Waals surface area contributed by atoms with E-state index in [4.69, 9.17) is 14.5 Å². The Kier molecular flexibility index (Phi) is 7.54. The third-order valence-corrected chi connectivity index (χ3v) is 8.73. The minimum Gasteiger partial charge on any atom is -0.497 e. The molecule has 0 spiro atoms. The number of ether oxygens (including phenoxy) is 2. The molecule has 0 radical (unpaired) electrons. The van der Waals surface area contributed by atoms with Gasteiger partial charge in [0.15, 0.2) is 0 Å². The molecule has 0 fully saturated rings. The maximum Gasteiger partial charge on any atom is 0.416 e. The highest BCUT2D eigenvalue weighted by atomic mass is 31.1. The number of hydrogen-bond donors (Lipinski definition) is 0. The lowest BCUT2D eigenvalue weighted by Gasteiger charge is -2.23. The maximum atomic E-state index is 13.3. The summed E-state index contributed by atoms with van der Waals surface area (Å²) in [5, 5.41) is 1.74. The summed E-state index contributed by atoms with van der Waals surface area (Å²) in [4.78, 5) is 4.78. The first-order valence-electron chi connectivity index (χ1n) is 11.7. The van der Waals surface area contributed by atoms with Crippen molar-refractivity contribution in [1.82, 2.24) is 0 Å². The second-order valence-electron chi connectivity index (χ2n) is 9.93. The molecule has 0 amide bonds. The summed E-state index contributed by atoms with van der Waals surface area (Å²) < 4.78 is 90.9. The lowest BCUT2D eigenvalue weighted by Crippen LogP contribution is -2.26. The van der Waals surface area contributed by atoms with Crippen LogP contribution in [0.3, 0.4) is 0 Å². The minimum absolute atomic E-state index is 0.125. The normalized spacial score (nSPS) is 16.4. The van der Waals surface area contributed by atoms with Gasteiger partial charge in [-0.15, -0.1) is 0 Å². The average molecular weight is 553 g/mol. The van der Waals surface area contributed by atoms with Crippen LogP contribution in [0.25, 0.3) is 0 Å². The van der Waals surface area contributed by atoms with Crippen LogP contribution in [0.4, 0.5) is 26.3 Å². The molecule has 0 unspecified atom stereocenters. The van der Waals surface area contributed by atoms with E-state index < -0.39 is 31.4 Å². The topological polar surface area (TPSA) is 30.8 Å². The monoisotopic (exact) mass is 553 g/mol. The van der Waals surface area contributed by atoms with Crippen LogP contribution in [0.15, 0.2) is 71.7 Å². The lowest BCUT2D eigenvalue weighted by atomic mass is 9.88. The van der Waals surface area contributed by atoms with Crippen molar-refractivity contribution in [2.24, 2.45) is 10.4 Å². The largest absolute Gasteiger partial charge is 0.497 e. The number of methoxy groups -OCH3 is 1. The third-order valence-electron chi connectivity index (χ3n) is 6.23. The molecule has 1 aliphatic heterocycles. The van der Waals surface area contributed by atoms with Gasteiger partial charge in [-0.3, -0.25) is 0 Å². The van der Waals surface area contributed by atoms with Crippen LogP contribution in [0, 0.1) is 5.41 Å². The molecule has 10 heteroatoms. The van der Waals surface area contributed by atoms with E-state index in [0.29, 0.717) is 39.7 Å². The van der Waals surface area contributed by atoms with Crippen molar-refractivity contribution in [3.63, 3.8) is 0 Å². The Balaban J connectivity index is 1.90. The Morgan fingerprint density at radius 3 is 1.68 bits per heavy atom. The van der Waals surface area contributed by atoms with E-state index in [1.54, 1.807) is 18.2 Å². The van der Waals surface area contributed by atoms with Crippen LogP contribution in [0.5, 0.6) is 5.75 Å². The van der Waals surface area contributed by atoms with Gasteiger partial charge >= 0.3 is 12.4 Å². The van der Waals surface area contributed by atoms with Crippen LogP contribution < -0.4 is 20.7 Å². The second kappa shape index (κ2) is 10.3. The van der Waals surface area contributed by atoms with Crippen LogP contribution in [-0.4, -0.2) is 25.7 Å². The molecule has 0 N–H and O–H groups in total. The smallest absolute Gasteiger partial charge is 0.416 e. The van der Waals surface area contributed by atoms with Crippen molar-refractivity contribution in [3.05, 3.63) is 83.4 Å². The van der Waals surface area contributed by atoms with Crippen molar-refractivity contribution in [3.8, 4) is 5.75 Å². The van der Waals surface area contributed by atoms with Gasteiger partial charge in [-0.1, -0.05) is 45.0 Å². The molecular formula is C28H26F6NO2P. The number of nitrogens with zero attached hydrogens (tertiary/aromatic N) is 1. The number of hydrogen-bond acceptors (Lipinski definition) is 3. The average Bonchev–Trinajstić information content (AvgIpc) is 3.35. The van der Waals surface area contributed by atoms with Gasteiger partial charge in [0.05, 0.1) is 24.3 Å². The van der Waals surface area contributed by atoms with Crippen LogP contribution >= 0.6 is 7.92 Å². The van der Waals surface area contributed by atoms with Crippen LogP contribution in [0.2, 0.25) is 0 Å². The Hall–Kier alpha value is -3.06. The summed E-state index contributed by atoms with van der Waals surface area (Å²) >= 11 is 0. The molecule has 1 heterocycles. The van der Waals surface area contributed by atoms with Gasteiger partial charge < -0.3 is 9.47 Å². The molecule has 3 aromatic carbocycles. The van der Waals surface area contributed by atoms with E-state index in [0.717, 1.165) is 24.3 Å². The molecule has 202 valence electrons. The van der Waals surface area contributed by atoms with Crippen LogP contribution in [0.1, 0.15) is 37.5 Å². The van der Waals surface area contributed by atoms with Gasteiger partial charge in [0.2, 0.25) is 5.90 Å². The summed E-state index contributed by atoms with van der Waals surface area (Å²) in [5.41, 5.74) is -1.21.